The van der Waals surface area contributed by atoms with Crippen LogP contribution in [-0.4, -0.2) is 62.3 Å². The lowest BCUT2D eigenvalue weighted by molar-refractivity contribution is -0.0281. The van der Waals surface area contributed by atoms with Gasteiger partial charge in [0.2, 0.25) is 5.88 Å². The Bertz CT molecular complexity index is 1950. The summed E-state index contributed by atoms with van der Waals surface area (Å²) >= 11 is 14.0. The summed E-state index contributed by atoms with van der Waals surface area (Å²) in [6, 6.07) is 12.8. The van der Waals surface area contributed by atoms with Crippen LogP contribution >= 0.6 is 23.2 Å². The minimum atomic E-state index is -0.587. The number of nitrogens with zero attached hydrogens (tertiary/aromatic N) is 5. The largest absolute Gasteiger partial charge is 0.480 e. The van der Waals surface area contributed by atoms with E-state index in [0.29, 0.717) is 92.5 Å². The van der Waals surface area contributed by atoms with Crippen LogP contribution in [0.1, 0.15) is 17.8 Å². The summed E-state index contributed by atoms with van der Waals surface area (Å²) in [6.45, 7) is 3.11. The topological polar surface area (TPSA) is 136 Å². The first-order valence-corrected chi connectivity index (χ1v) is 15.1. The van der Waals surface area contributed by atoms with Gasteiger partial charge in [0.1, 0.15) is 11.5 Å². The van der Waals surface area contributed by atoms with Crippen LogP contribution in [0.3, 0.4) is 0 Å². The van der Waals surface area contributed by atoms with Crippen LogP contribution in [0.4, 0.5) is 11.5 Å². The Kier molecular flexibility index (Phi) is 8.97. The molecule has 232 valence electrons. The first-order chi connectivity index (χ1) is 21.7. The Morgan fingerprint density at radius 2 is 1.84 bits per heavy atom. The fourth-order valence-corrected chi connectivity index (χ4v) is 5.98. The van der Waals surface area contributed by atoms with Crippen molar-refractivity contribution in [2.24, 2.45) is 7.05 Å². The Morgan fingerprint density at radius 1 is 1.09 bits per heavy atom. The molecule has 1 saturated heterocycles. The molecule has 11 nitrogen and oxygen atoms in total. The van der Waals surface area contributed by atoms with E-state index in [0.717, 1.165) is 5.69 Å². The third kappa shape index (κ3) is 6.22. The second kappa shape index (κ2) is 13.1. The number of halogens is 2. The van der Waals surface area contributed by atoms with Crippen molar-refractivity contribution in [2.45, 2.75) is 32.0 Å². The smallest absolute Gasteiger partial charge is 0.278 e. The molecule has 13 heteroatoms. The van der Waals surface area contributed by atoms with Crippen LogP contribution in [-0.2, 0) is 18.3 Å². The zero-order chi connectivity index (χ0) is 31.7. The van der Waals surface area contributed by atoms with E-state index in [2.05, 4.69) is 25.7 Å². The van der Waals surface area contributed by atoms with Crippen molar-refractivity contribution in [1.82, 2.24) is 30.0 Å². The molecule has 0 aliphatic carbocycles. The Balaban J connectivity index is 1.32. The average Bonchev–Trinajstić information content (AvgIpc) is 3.03. The van der Waals surface area contributed by atoms with Crippen molar-refractivity contribution in [3.8, 4) is 28.3 Å². The molecule has 1 fully saturated rings. The van der Waals surface area contributed by atoms with Gasteiger partial charge < -0.3 is 25.2 Å². The molecule has 6 rings (SSSR count). The van der Waals surface area contributed by atoms with E-state index in [9.17, 15) is 9.90 Å². The maximum absolute atomic E-state index is 13.0. The summed E-state index contributed by atoms with van der Waals surface area (Å²) in [4.78, 5) is 26.9. The molecular formula is C32H31Cl2N7O4. The number of anilines is 2. The summed E-state index contributed by atoms with van der Waals surface area (Å²) in [5.74, 6) is 0.738. The lowest BCUT2D eigenvalue weighted by atomic mass is 10.0. The number of ether oxygens (including phenoxy) is 2. The van der Waals surface area contributed by atoms with Crippen molar-refractivity contribution < 1.29 is 14.6 Å². The fraction of sp³-hybridized carbons (Fsp3) is 0.281. The van der Waals surface area contributed by atoms with Gasteiger partial charge in [0.15, 0.2) is 0 Å². The first kappa shape index (κ1) is 30.9. The average molecular weight is 649 g/mol. The van der Waals surface area contributed by atoms with Gasteiger partial charge >= 0.3 is 0 Å². The predicted octanol–water partition coefficient (Wildman–Crippen LogP) is 5.06. The standard InChI is InChI=1S/C32H31Cl2N7O4/c1-17-12-18-13-37-41(2)32(43)27(18)30(38-17)39-23-9-5-7-20(29(23)34)19-6-4-8-21(28(19)33)24-14-36-25(31(40-24)44-3)15-35-22-10-11-45-16-26(22)42/h4-9,12-14,22,26,35,42H,10-11,15-16H2,1-3H3,(H,38,39). The molecule has 2 unspecified atom stereocenters. The van der Waals surface area contributed by atoms with Crippen LogP contribution in [0.2, 0.25) is 10.0 Å². The van der Waals surface area contributed by atoms with Crippen LogP contribution in [0.25, 0.3) is 33.2 Å². The summed E-state index contributed by atoms with van der Waals surface area (Å²) < 4.78 is 12.1. The SMILES string of the molecule is COc1nc(-c2cccc(-c3cccc(Nc4nc(C)cc5cnn(C)c(=O)c45)c3Cl)c2Cl)cnc1CNC1CCOCC1O. The molecule has 5 aromatic rings. The minimum Gasteiger partial charge on any atom is -0.480 e. The van der Waals surface area contributed by atoms with E-state index in [4.69, 9.17) is 37.7 Å². The molecule has 2 aromatic carbocycles. The molecule has 45 heavy (non-hydrogen) atoms. The van der Waals surface area contributed by atoms with Gasteiger partial charge in [-0.1, -0.05) is 53.5 Å². The summed E-state index contributed by atoms with van der Waals surface area (Å²) in [7, 11) is 3.13. The van der Waals surface area contributed by atoms with Gasteiger partial charge in [0.05, 0.1) is 59.0 Å². The number of nitrogens with one attached hydrogen (secondary N) is 2. The molecular weight excluding hydrogens is 617 g/mol. The molecule has 0 saturated carbocycles. The molecule has 2 atom stereocenters. The van der Waals surface area contributed by atoms with Gasteiger partial charge in [0.25, 0.3) is 5.56 Å². The molecule has 3 N–H and O–H groups in total. The number of benzene rings is 2. The number of aryl methyl sites for hydroxylation is 2. The number of rotatable bonds is 8. The second-order valence-electron chi connectivity index (χ2n) is 10.7. The third-order valence-corrected chi connectivity index (χ3v) is 8.55. The number of aromatic nitrogens is 5. The van der Waals surface area contributed by atoms with Gasteiger partial charge in [-0.2, -0.15) is 5.10 Å². The van der Waals surface area contributed by atoms with Gasteiger partial charge in [0, 0.05) is 54.0 Å². The molecule has 3 aromatic heterocycles. The third-order valence-electron chi connectivity index (χ3n) is 7.74. The summed E-state index contributed by atoms with van der Waals surface area (Å²) in [5, 5.41) is 22.8. The van der Waals surface area contributed by atoms with E-state index in [1.54, 1.807) is 19.4 Å². The second-order valence-corrected chi connectivity index (χ2v) is 11.5. The Labute approximate surface area is 269 Å². The number of aliphatic hydroxyl groups excluding tert-OH is 1. The fourth-order valence-electron chi connectivity index (χ4n) is 5.38. The Morgan fingerprint density at radius 3 is 2.62 bits per heavy atom. The predicted molar refractivity (Wildman–Crippen MR) is 174 cm³/mol. The van der Waals surface area contributed by atoms with Crippen molar-refractivity contribution >= 4 is 45.5 Å². The molecule has 0 spiro atoms. The van der Waals surface area contributed by atoms with E-state index < -0.39 is 6.10 Å². The lowest BCUT2D eigenvalue weighted by Gasteiger charge is -2.28. The molecule has 0 amide bonds. The van der Waals surface area contributed by atoms with Crippen LogP contribution in [0, 0.1) is 6.92 Å². The van der Waals surface area contributed by atoms with Crippen LogP contribution in [0.15, 0.2) is 59.7 Å². The van der Waals surface area contributed by atoms with Crippen molar-refractivity contribution in [3.63, 3.8) is 0 Å². The molecule has 1 aliphatic heterocycles. The number of hydrogen-bond acceptors (Lipinski definition) is 10. The highest BCUT2D eigenvalue weighted by Gasteiger charge is 2.24. The van der Waals surface area contributed by atoms with Crippen LogP contribution in [0.5, 0.6) is 5.88 Å². The van der Waals surface area contributed by atoms with Gasteiger partial charge in [-0.3, -0.25) is 9.78 Å². The highest BCUT2D eigenvalue weighted by Crippen LogP contribution is 2.42. The highest BCUT2D eigenvalue weighted by atomic mass is 35.5. The van der Waals surface area contributed by atoms with E-state index in [-0.39, 0.29) is 11.6 Å². The number of fused-ring (bicyclic) bond motifs is 1. The van der Waals surface area contributed by atoms with Crippen molar-refractivity contribution in [3.05, 3.63) is 86.6 Å². The quantitative estimate of drug-likeness (QED) is 0.210. The number of pyridine rings is 1. The molecule has 1 aliphatic rings. The molecule has 4 heterocycles. The highest BCUT2D eigenvalue weighted by molar-refractivity contribution is 6.39. The maximum Gasteiger partial charge on any atom is 0.278 e. The Hall–Kier alpha value is -4.13. The van der Waals surface area contributed by atoms with E-state index >= 15 is 0 Å². The van der Waals surface area contributed by atoms with Gasteiger partial charge in [-0.15, -0.1) is 0 Å². The van der Waals surface area contributed by atoms with Crippen LogP contribution < -0.4 is 20.9 Å². The summed E-state index contributed by atoms with van der Waals surface area (Å²) in [5.41, 5.74) is 4.15. The number of hydrogen-bond donors (Lipinski definition) is 3. The van der Waals surface area contributed by atoms with Crippen molar-refractivity contribution in [1.29, 1.82) is 0 Å². The normalized spacial score (nSPS) is 16.6. The number of methoxy groups -OCH3 is 1. The minimum absolute atomic E-state index is 0.103. The zero-order valence-corrected chi connectivity index (χ0v) is 26.4. The van der Waals surface area contributed by atoms with E-state index in [1.165, 1.54) is 11.8 Å². The zero-order valence-electron chi connectivity index (χ0n) is 24.8. The maximum atomic E-state index is 13.0. The first-order valence-electron chi connectivity index (χ1n) is 14.3. The number of aliphatic hydroxyl groups is 1. The van der Waals surface area contributed by atoms with Gasteiger partial charge in [-0.25, -0.2) is 14.6 Å². The van der Waals surface area contributed by atoms with Crippen molar-refractivity contribution in [2.75, 3.05) is 25.6 Å². The molecule has 0 radical (unpaired) electrons. The monoisotopic (exact) mass is 647 g/mol. The van der Waals surface area contributed by atoms with Gasteiger partial charge in [-0.05, 0) is 25.5 Å². The van der Waals surface area contributed by atoms with E-state index in [1.807, 2.05) is 49.4 Å². The lowest BCUT2D eigenvalue weighted by Crippen LogP contribution is -2.46. The summed E-state index contributed by atoms with van der Waals surface area (Å²) in [6.07, 6.45) is 3.40. The molecule has 0 bridgehead atoms.